The molecule has 1 aliphatic carbocycles. The van der Waals surface area contributed by atoms with E-state index in [9.17, 15) is 9.59 Å². The van der Waals surface area contributed by atoms with Crippen molar-refractivity contribution in [2.45, 2.75) is 58.9 Å². The second kappa shape index (κ2) is 8.88. The van der Waals surface area contributed by atoms with Gasteiger partial charge in [-0.25, -0.2) is 4.68 Å². The molecule has 2 aromatic carbocycles. The summed E-state index contributed by atoms with van der Waals surface area (Å²) in [7, 11) is 0. The Bertz CT molecular complexity index is 1160. The first-order chi connectivity index (χ1) is 15.0. The average Bonchev–Trinajstić information content (AvgIpc) is 2.80. The number of nitrogens with zero attached hydrogens (tertiary/aromatic N) is 2. The Balaban J connectivity index is 1.75. The molecular weight excluding hydrogens is 386 g/mol. The molecule has 1 heterocycles. The number of aromatic nitrogens is 2. The molecule has 1 N–H and O–H groups in total. The van der Waals surface area contributed by atoms with Crippen LogP contribution >= 0.6 is 0 Å². The van der Waals surface area contributed by atoms with Crippen LogP contribution in [-0.4, -0.2) is 15.7 Å². The molecule has 0 aliphatic heterocycles. The number of hydrogen-bond donors (Lipinski definition) is 1. The molecule has 160 valence electrons. The standard InChI is InChI=1S/C26H29N3O2/c1-4-19-9-5-8-12-23(19)27-25(30)18(3)29-26(31)22-11-7-6-10-21(22)24(28-29)20-15-13-17(2)14-16-20/h5,8-9,12-16,18H,4,6-7,10-11H2,1-3H3,(H,27,30)/t18-/m0/s1. The van der Waals surface area contributed by atoms with Crippen LogP contribution in [0, 0.1) is 6.92 Å². The van der Waals surface area contributed by atoms with E-state index >= 15 is 0 Å². The van der Waals surface area contributed by atoms with Crippen molar-refractivity contribution in [1.82, 2.24) is 9.78 Å². The van der Waals surface area contributed by atoms with Crippen molar-refractivity contribution in [3.05, 3.63) is 81.1 Å². The summed E-state index contributed by atoms with van der Waals surface area (Å²) in [6.45, 7) is 5.85. The van der Waals surface area contributed by atoms with Crippen LogP contribution in [0.2, 0.25) is 0 Å². The lowest BCUT2D eigenvalue weighted by Gasteiger charge is -2.23. The minimum absolute atomic E-state index is 0.142. The molecule has 1 amide bonds. The number of amides is 1. The lowest BCUT2D eigenvalue weighted by molar-refractivity contribution is -0.119. The SMILES string of the molecule is CCc1ccccc1NC(=O)[C@H](C)n1nc(-c2ccc(C)cc2)c2c(c1=O)CCCC2. The fourth-order valence-electron chi connectivity index (χ4n) is 4.26. The highest BCUT2D eigenvalue weighted by molar-refractivity contribution is 5.94. The molecule has 4 rings (SSSR count). The number of aryl methyl sites for hydroxylation is 2. The van der Waals surface area contributed by atoms with Gasteiger partial charge in [-0.2, -0.15) is 5.10 Å². The number of anilines is 1. The van der Waals surface area contributed by atoms with E-state index in [1.807, 2.05) is 43.3 Å². The third kappa shape index (κ3) is 4.18. The minimum Gasteiger partial charge on any atom is -0.324 e. The minimum atomic E-state index is -0.714. The maximum absolute atomic E-state index is 13.3. The van der Waals surface area contributed by atoms with E-state index in [0.717, 1.165) is 65.7 Å². The average molecular weight is 416 g/mol. The predicted molar refractivity (Wildman–Crippen MR) is 124 cm³/mol. The predicted octanol–water partition coefficient (Wildman–Crippen LogP) is 4.86. The highest BCUT2D eigenvalue weighted by Gasteiger charge is 2.26. The van der Waals surface area contributed by atoms with E-state index in [2.05, 4.69) is 24.4 Å². The van der Waals surface area contributed by atoms with Gasteiger partial charge in [0.15, 0.2) is 0 Å². The van der Waals surface area contributed by atoms with Crippen molar-refractivity contribution >= 4 is 11.6 Å². The molecule has 1 atom stereocenters. The topological polar surface area (TPSA) is 64.0 Å². The number of fused-ring (bicyclic) bond motifs is 1. The zero-order valence-corrected chi connectivity index (χ0v) is 18.4. The van der Waals surface area contributed by atoms with Crippen molar-refractivity contribution in [3.63, 3.8) is 0 Å². The van der Waals surface area contributed by atoms with Crippen LogP contribution in [0.5, 0.6) is 0 Å². The van der Waals surface area contributed by atoms with Crippen molar-refractivity contribution in [1.29, 1.82) is 0 Å². The van der Waals surface area contributed by atoms with Gasteiger partial charge in [-0.05, 0) is 63.1 Å². The van der Waals surface area contributed by atoms with Crippen LogP contribution in [0.4, 0.5) is 5.69 Å². The second-order valence-corrected chi connectivity index (χ2v) is 8.30. The molecule has 0 saturated carbocycles. The Labute approximate surface area is 183 Å². The quantitative estimate of drug-likeness (QED) is 0.647. The zero-order valence-electron chi connectivity index (χ0n) is 18.4. The zero-order chi connectivity index (χ0) is 22.0. The molecule has 31 heavy (non-hydrogen) atoms. The molecule has 0 spiro atoms. The third-order valence-electron chi connectivity index (χ3n) is 6.16. The van der Waals surface area contributed by atoms with Crippen molar-refractivity contribution in [2.75, 3.05) is 5.32 Å². The van der Waals surface area contributed by atoms with Crippen LogP contribution in [0.1, 0.15) is 55.0 Å². The maximum atomic E-state index is 13.3. The second-order valence-electron chi connectivity index (χ2n) is 8.30. The van der Waals surface area contributed by atoms with Crippen LogP contribution in [0.15, 0.2) is 53.3 Å². The summed E-state index contributed by atoms with van der Waals surface area (Å²) in [6.07, 6.45) is 4.46. The van der Waals surface area contributed by atoms with Gasteiger partial charge in [-0.15, -0.1) is 0 Å². The van der Waals surface area contributed by atoms with E-state index in [-0.39, 0.29) is 11.5 Å². The van der Waals surface area contributed by atoms with Crippen molar-refractivity contribution < 1.29 is 4.79 Å². The first kappa shape index (κ1) is 21.0. The lowest BCUT2D eigenvalue weighted by atomic mass is 9.89. The lowest BCUT2D eigenvalue weighted by Crippen LogP contribution is -2.37. The number of benzene rings is 2. The number of nitrogens with one attached hydrogen (secondary N) is 1. The normalized spacial score (nSPS) is 14.0. The van der Waals surface area contributed by atoms with E-state index in [1.54, 1.807) is 6.92 Å². The monoisotopic (exact) mass is 415 g/mol. The van der Waals surface area contributed by atoms with Crippen LogP contribution in [0.3, 0.4) is 0 Å². The molecule has 1 aromatic heterocycles. The summed E-state index contributed by atoms with van der Waals surface area (Å²) in [5.41, 5.74) is 6.54. The van der Waals surface area contributed by atoms with Gasteiger partial charge in [-0.1, -0.05) is 55.0 Å². The first-order valence-corrected chi connectivity index (χ1v) is 11.1. The largest absolute Gasteiger partial charge is 0.324 e. The third-order valence-corrected chi connectivity index (χ3v) is 6.16. The summed E-state index contributed by atoms with van der Waals surface area (Å²) in [6, 6.07) is 15.2. The maximum Gasteiger partial charge on any atom is 0.271 e. The molecule has 0 saturated heterocycles. The van der Waals surface area contributed by atoms with Gasteiger partial charge in [0.2, 0.25) is 5.91 Å². The molecule has 3 aromatic rings. The van der Waals surface area contributed by atoms with Crippen LogP contribution < -0.4 is 10.9 Å². The van der Waals surface area contributed by atoms with Crippen molar-refractivity contribution in [2.24, 2.45) is 0 Å². The molecule has 5 nitrogen and oxygen atoms in total. The molecule has 0 bridgehead atoms. The van der Waals surface area contributed by atoms with Crippen molar-refractivity contribution in [3.8, 4) is 11.3 Å². The van der Waals surface area contributed by atoms with Gasteiger partial charge in [0.05, 0.1) is 5.69 Å². The number of carbonyl (C=O) groups is 1. The van der Waals surface area contributed by atoms with Gasteiger partial charge in [0.25, 0.3) is 5.56 Å². The Hall–Kier alpha value is -3.21. The number of carbonyl (C=O) groups excluding carboxylic acids is 1. The summed E-state index contributed by atoms with van der Waals surface area (Å²) in [5.74, 6) is -0.235. The van der Waals surface area contributed by atoms with Gasteiger partial charge in [-0.3, -0.25) is 9.59 Å². The Morgan fingerprint density at radius 1 is 1.06 bits per heavy atom. The van der Waals surface area contributed by atoms with Gasteiger partial charge in [0, 0.05) is 16.8 Å². The summed E-state index contributed by atoms with van der Waals surface area (Å²) >= 11 is 0. The summed E-state index contributed by atoms with van der Waals surface area (Å²) in [5, 5.41) is 7.73. The first-order valence-electron chi connectivity index (χ1n) is 11.1. The summed E-state index contributed by atoms with van der Waals surface area (Å²) < 4.78 is 1.38. The van der Waals surface area contributed by atoms with Gasteiger partial charge < -0.3 is 5.32 Å². The molecule has 0 radical (unpaired) electrons. The van der Waals surface area contributed by atoms with E-state index in [1.165, 1.54) is 10.2 Å². The van der Waals surface area contributed by atoms with Crippen LogP contribution in [-0.2, 0) is 24.1 Å². The molecule has 1 aliphatic rings. The Morgan fingerprint density at radius 2 is 1.74 bits per heavy atom. The fourth-order valence-corrected chi connectivity index (χ4v) is 4.26. The number of rotatable bonds is 5. The Kier molecular flexibility index (Phi) is 6.03. The number of para-hydroxylation sites is 1. The van der Waals surface area contributed by atoms with Gasteiger partial charge >= 0.3 is 0 Å². The molecule has 0 fully saturated rings. The van der Waals surface area contributed by atoms with Gasteiger partial charge in [0.1, 0.15) is 6.04 Å². The van der Waals surface area contributed by atoms with E-state index in [0.29, 0.717) is 0 Å². The molecule has 5 heteroatoms. The fraction of sp³-hybridized carbons (Fsp3) is 0.346. The Morgan fingerprint density at radius 3 is 2.45 bits per heavy atom. The smallest absolute Gasteiger partial charge is 0.271 e. The van der Waals surface area contributed by atoms with E-state index in [4.69, 9.17) is 5.10 Å². The highest BCUT2D eigenvalue weighted by atomic mass is 16.2. The molecular formula is C26H29N3O2. The number of hydrogen-bond acceptors (Lipinski definition) is 3. The molecule has 0 unspecified atom stereocenters. The summed E-state index contributed by atoms with van der Waals surface area (Å²) in [4.78, 5) is 26.4. The van der Waals surface area contributed by atoms with Crippen LogP contribution in [0.25, 0.3) is 11.3 Å². The van der Waals surface area contributed by atoms with E-state index < -0.39 is 6.04 Å². The highest BCUT2D eigenvalue weighted by Crippen LogP contribution is 2.29.